The number of benzene rings is 1. The molecule has 1 unspecified atom stereocenters. The van der Waals surface area contributed by atoms with E-state index >= 15 is 0 Å². The first kappa shape index (κ1) is 15.8. The van der Waals surface area contributed by atoms with Crippen LogP contribution in [0.25, 0.3) is 0 Å². The topological polar surface area (TPSA) is 43.8 Å². The van der Waals surface area contributed by atoms with Gasteiger partial charge in [0, 0.05) is 18.2 Å². The van der Waals surface area contributed by atoms with E-state index in [1.54, 1.807) is 0 Å². The maximum Gasteiger partial charge on any atom is 0.0646 e. The quantitative estimate of drug-likeness (QED) is 0.834. The van der Waals surface area contributed by atoms with Gasteiger partial charge >= 0.3 is 0 Å². The molecule has 1 heterocycles. The second kappa shape index (κ2) is 6.90. The summed E-state index contributed by atoms with van der Waals surface area (Å²) in [6, 6.07) is 13.0. The average molecular weight is 285 g/mol. The van der Waals surface area contributed by atoms with E-state index in [4.69, 9.17) is 10.8 Å². The third-order valence-corrected chi connectivity index (χ3v) is 4.46. The van der Waals surface area contributed by atoms with Gasteiger partial charge in [0.1, 0.15) is 0 Å². The first-order valence-corrected chi connectivity index (χ1v) is 8.01. The molecule has 0 aliphatic carbocycles. The van der Waals surface area contributed by atoms with Crippen LogP contribution in [0.1, 0.15) is 57.3 Å². The number of nitrogens with two attached hydrogens (primary N) is 1. The van der Waals surface area contributed by atoms with Crippen molar-refractivity contribution in [2.75, 3.05) is 0 Å². The van der Waals surface area contributed by atoms with Crippen LogP contribution in [0.15, 0.2) is 42.6 Å². The molecule has 0 aliphatic heterocycles. The molecule has 3 heteroatoms. The molecule has 1 aromatic carbocycles. The average Bonchev–Trinajstić information content (AvgIpc) is 2.97. The Morgan fingerprint density at radius 2 is 1.76 bits per heavy atom. The Morgan fingerprint density at radius 1 is 1.10 bits per heavy atom. The molecule has 3 nitrogen and oxygen atoms in total. The Labute approximate surface area is 128 Å². The van der Waals surface area contributed by atoms with E-state index < -0.39 is 0 Å². The number of hydrogen-bond acceptors (Lipinski definition) is 2. The van der Waals surface area contributed by atoms with Crippen molar-refractivity contribution in [1.82, 2.24) is 9.78 Å². The van der Waals surface area contributed by atoms with Gasteiger partial charge in [0.2, 0.25) is 0 Å². The SMILES string of the molecule is CCC(CC)n1ccc(CC(N)(CC)c2ccccc2)n1. The van der Waals surface area contributed by atoms with Gasteiger partial charge < -0.3 is 5.73 Å². The number of hydrogen-bond donors (Lipinski definition) is 1. The molecule has 21 heavy (non-hydrogen) atoms. The molecule has 0 amide bonds. The first-order chi connectivity index (χ1) is 10.1. The van der Waals surface area contributed by atoms with E-state index in [-0.39, 0.29) is 5.54 Å². The van der Waals surface area contributed by atoms with Crippen LogP contribution in [0.3, 0.4) is 0 Å². The molecule has 114 valence electrons. The highest BCUT2D eigenvalue weighted by atomic mass is 15.3. The summed E-state index contributed by atoms with van der Waals surface area (Å²) in [6.07, 6.45) is 5.99. The predicted octanol–water partition coefficient (Wildman–Crippen LogP) is 4.05. The fraction of sp³-hybridized carbons (Fsp3) is 0.500. The normalized spacial score (nSPS) is 14.3. The molecule has 0 spiro atoms. The molecule has 0 aliphatic rings. The van der Waals surface area contributed by atoms with Crippen molar-refractivity contribution in [1.29, 1.82) is 0 Å². The van der Waals surface area contributed by atoms with Gasteiger partial charge in [0.15, 0.2) is 0 Å². The minimum atomic E-state index is -0.339. The van der Waals surface area contributed by atoms with Crippen molar-refractivity contribution >= 4 is 0 Å². The Hall–Kier alpha value is -1.61. The molecule has 0 saturated heterocycles. The number of aromatic nitrogens is 2. The van der Waals surface area contributed by atoms with Crippen LogP contribution in [0, 0.1) is 0 Å². The fourth-order valence-electron chi connectivity index (χ4n) is 2.86. The molecule has 0 bridgehead atoms. The molecular formula is C18H27N3. The summed E-state index contributed by atoms with van der Waals surface area (Å²) < 4.78 is 2.09. The molecule has 0 saturated carbocycles. The Morgan fingerprint density at radius 3 is 2.33 bits per heavy atom. The van der Waals surface area contributed by atoms with E-state index in [0.29, 0.717) is 6.04 Å². The molecule has 1 atom stereocenters. The third kappa shape index (κ3) is 3.53. The largest absolute Gasteiger partial charge is 0.321 e. The van der Waals surface area contributed by atoms with Crippen LogP contribution in [0.5, 0.6) is 0 Å². The van der Waals surface area contributed by atoms with Crippen LogP contribution < -0.4 is 5.73 Å². The molecule has 0 radical (unpaired) electrons. The van der Waals surface area contributed by atoms with E-state index in [1.165, 1.54) is 5.56 Å². The predicted molar refractivity (Wildman–Crippen MR) is 88.1 cm³/mol. The summed E-state index contributed by atoms with van der Waals surface area (Å²) in [7, 11) is 0. The van der Waals surface area contributed by atoms with Gasteiger partial charge in [-0.15, -0.1) is 0 Å². The summed E-state index contributed by atoms with van der Waals surface area (Å²) in [6.45, 7) is 6.56. The lowest BCUT2D eigenvalue weighted by molar-refractivity contribution is 0.400. The summed E-state index contributed by atoms with van der Waals surface area (Å²) in [4.78, 5) is 0. The van der Waals surface area contributed by atoms with E-state index in [9.17, 15) is 0 Å². The van der Waals surface area contributed by atoms with Crippen molar-refractivity contribution in [2.45, 2.75) is 58.0 Å². The first-order valence-electron chi connectivity index (χ1n) is 8.01. The summed E-state index contributed by atoms with van der Waals surface area (Å²) in [5.41, 5.74) is 8.58. The zero-order chi connectivity index (χ0) is 15.3. The molecular weight excluding hydrogens is 258 g/mol. The lowest BCUT2D eigenvalue weighted by Crippen LogP contribution is -2.38. The number of rotatable bonds is 7. The van der Waals surface area contributed by atoms with Gasteiger partial charge in [-0.1, -0.05) is 51.1 Å². The van der Waals surface area contributed by atoms with Crippen molar-refractivity contribution in [3.63, 3.8) is 0 Å². The van der Waals surface area contributed by atoms with Crippen LogP contribution in [-0.2, 0) is 12.0 Å². The highest BCUT2D eigenvalue weighted by molar-refractivity contribution is 5.26. The molecule has 0 fully saturated rings. The summed E-state index contributed by atoms with van der Waals surface area (Å²) in [5, 5.41) is 4.75. The second-order valence-corrected chi connectivity index (χ2v) is 5.81. The maximum atomic E-state index is 6.65. The van der Waals surface area contributed by atoms with Gasteiger partial charge in [-0.05, 0) is 30.9 Å². The van der Waals surface area contributed by atoms with Crippen molar-refractivity contribution in [3.05, 3.63) is 53.9 Å². The molecule has 2 aromatic rings. The van der Waals surface area contributed by atoms with E-state index in [2.05, 4.69) is 62.0 Å². The second-order valence-electron chi connectivity index (χ2n) is 5.81. The van der Waals surface area contributed by atoms with Gasteiger partial charge in [0.25, 0.3) is 0 Å². The summed E-state index contributed by atoms with van der Waals surface area (Å²) >= 11 is 0. The lowest BCUT2D eigenvalue weighted by Gasteiger charge is -2.28. The minimum absolute atomic E-state index is 0.339. The zero-order valence-electron chi connectivity index (χ0n) is 13.4. The van der Waals surface area contributed by atoms with Crippen LogP contribution in [0.4, 0.5) is 0 Å². The Balaban J connectivity index is 2.19. The zero-order valence-corrected chi connectivity index (χ0v) is 13.4. The van der Waals surface area contributed by atoms with Crippen molar-refractivity contribution < 1.29 is 0 Å². The Kier molecular flexibility index (Phi) is 5.18. The van der Waals surface area contributed by atoms with Gasteiger partial charge in [-0.3, -0.25) is 4.68 Å². The maximum absolute atomic E-state index is 6.65. The van der Waals surface area contributed by atoms with Crippen LogP contribution >= 0.6 is 0 Å². The van der Waals surface area contributed by atoms with E-state index in [0.717, 1.165) is 31.4 Å². The highest BCUT2D eigenvalue weighted by Gasteiger charge is 2.26. The summed E-state index contributed by atoms with van der Waals surface area (Å²) in [5.74, 6) is 0. The number of nitrogens with zero attached hydrogens (tertiary/aromatic N) is 2. The van der Waals surface area contributed by atoms with Crippen LogP contribution in [-0.4, -0.2) is 9.78 Å². The van der Waals surface area contributed by atoms with Gasteiger partial charge in [0.05, 0.1) is 11.7 Å². The third-order valence-electron chi connectivity index (χ3n) is 4.46. The van der Waals surface area contributed by atoms with E-state index in [1.807, 2.05) is 6.07 Å². The van der Waals surface area contributed by atoms with Crippen molar-refractivity contribution in [2.24, 2.45) is 5.73 Å². The smallest absolute Gasteiger partial charge is 0.0646 e. The van der Waals surface area contributed by atoms with Gasteiger partial charge in [-0.25, -0.2) is 0 Å². The molecule has 2 rings (SSSR count). The molecule has 2 N–H and O–H groups in total. The Bertz CT molecular complexity index is 543. The highest BCUT2D eigenvalue weighted by Crippen LogP contribution is 2.26. The minimum Gasteiger partial charge on any atom is -0.321 e. The molecule has 1 aromatic heterocycles. The standard InChI is InChI=1S/C18H27N3/c1-4-17(5-2)21-13-12-16(20-21)14-18(19,6-3)15-10-8-7-9-11-15/h7-13,17H,4-6,14,19H2,1-3H3. The fourth-order valence-corrected chi connectivity index (χ4v) is 2.86. The van der Waals surface area contributed by atoms with Crippen LogP contribution in [0.2, 0.25) is 0 Å². The lowest BCUT2D eigenvalue weighted by atomic mass is 9.84. The van der Waals surface area contributed by atoms with Crippen molar-refractivity contribution in [3.8, 4) is 0 Å². The monoisotopic (exact) mass is 285 g/mol. The van der Waals surface area contributed by atoms with Gasteiger partial charge in [-0.2, -0.15) is 5.10 Å².